The summed E-state index contributed by atoms with van der Waals surface area (Å²) < 4.78 is 46.5. The Bertz CT molecular complexity index is 1210. The first-order chi connectivity index (χ1) is 15.2. The third-order valence-electron chi connectivity index (χ3n) is 4.74. The molecule has 168 valence electrons. The van der Waals surface area contributed by atoms with Crippen LogP contribution < -0.4 is 14.8 Å². The fourth-order valence-corrected chi connectivity index (χ4v) is 4.18. The van der Waals surface area contributed by atoms with E-state index in [4.69, 9.17) is 4.74 Å². The number of benzene rings is 3. The summed E-state index contributed by atoms with van der Waals surface area (Å²) in [6, 6.07) is 17.7. The highest BCUT2D eigenvalue weighted by molar-refractivity contribution is 7.89. The summed E-state index contributed by atoms with van der Waals surface area (Å²) in [6.45, 7) is 3.87. The first kappa shape index (κ1) is 23.4. The van der Waals surface area contributed by atoms with Gasteiger partial charge >= 0.3 is 0 Å². The van der Waals surface area contributed by atoms with Crippen LogP contribution in [0.15, 0.2) is 71.6 Å². The topological polar surface area (TPSA) is 84.5 Å². The third kappa shape index (κ3) is 6.63. The quantitative estimate of drug-likeness (QED) is 0.515. The van der Waals surface area contributed by atoms with Crippen LogP contribution in [0.5, 0.6) is 5.75 Å². The molecule has 1 amide bonds. The molecule has 0 aliphatic carbocycles. The van der Waals surface area contributed by atoms with Crippen LogP contribution in [-0.4, -0.2) is 20.9 Å². The minimum Gasteiger partial charge on any atom is -0.484 e. The van der Waals surface area contributed by atoms with Crippen molar-refractivity contribution in [2.75, 3.05) is 6.61 Å². The number of carbonyl (C=O) groups excluding carboxylic acids is 1. The summed E-state index contributed by atoms with van der Waals surface area (Å²) in [7, 11) is -3.80. The molecule has 0 saturated carbocycles. The average molecular weight is 457 g/mol. The summed E-state index contributed by atoms with van der Waals surface area (Å²) in [4.78, 5) is 12.2. The first-order valence-corrected chi connectivity index (χ1v) is 11.5. The number of nitrogens with one attached hydrogen (secondary N) is 2. The molecule has 0 bridgehead atoms. The van der Waals surface area contributed by atoms with Crippen LogP contribution >= 0.6 is 0 Å². The zero-order valence-corrected chi connectivity index (χ0v) is 18.7. The number of halogens is 1. The maximum Gasteiger partial charge on any atom is 0.258 e. The smallest absolute Gasteiger partial charge is 0.258 e. The van der Waals surface area contributed by atoms with Gasteiger partial charge < -0.3 is 10.1 Å². The van der Waals surface area contributed by atoms with Gasteiger partial charge in [-0.15, -0.1) is 0 Å². The Morgan fingerprint density at radius 3 is 2.38 bits per heavy atom. The van der Waals surface area contributed by atoms with Crippen LogP contribution in [0.1, 0.15) is 22.3 Å². The SMILES string of the molecule is Cc1ccc(OCC(=O)NCc2cccc(S(=O)(=O)NCc3cccc(F)c3)c2)c(C)c1. The summed E-state index contributed by atoms with van der Waals surface area (Å²) in [5.74, 6) is -0.105. The lowest BCUT2D eigenvalue weighted by atomic mass is 10.1. The van der Waals surface area contributed by atoms with Gasteiger partial charge in [-0.25, -0.2) is 17.5 Å². The van der Waals surface area contributed by atoms with Crippen LogP contribution in [0.2, 0.25) is 0 Å². The number of ether oxygens (including phenoxy) is 1. The van der Waals surface area contributed by atoms with Gasteiger partial charge in [0.05, 0.1) is 4.90 Å². The Kier molecular flexibility index (Phi) is 7.61. The van der Waals surface area contributed by atoms with Crippen molar-refractivity contribution in [3.8, 4) is 5.75 Å². The van der Waals surface area contributed by atoms with Crippen LogP contribution in [-0.2, 0) is 27.9 Å². The third-order valence-corrected chi connectivity index (χ3v) is 6.14. The lowest BCUT2D eigenvalue weighted by Gasteiger charge is -2.11. The van der Waals surface area contributed by atoms with Gasteiger partial charge in [0, 0.05) is 13.1 Å². The number of aryl methyl sites for hydroxylation is 2. The highest BCUT2D eigenvalue weighted by Crippen LogP contribution is 2.18. The van der Waals surface area contributed by atoms with Crippen molar-refractivity contribution in [2.24, 2.45) is 0 Å². The van der Waals surface area contributed by atoms with E-state index >= 15 is 0 Å². The molecule has 0 spiro atoms. The van der Waals surface area contributed by atoms with Gasteiger partial charge in [-0.2, -0.15) is 0 Å². The molecule has 0 saturated heterocycles. The van der Waals surface area contributed by atoms with Crippen molar-refractivity contribution < 1.29 is 22.3 Å². The van der Waals surface area contributed by atoms with Crippen LogP contribution in [0.4, 0.5) is 4.39 Å². The van der Waals surface area contributed by atoms with E-state index in [9.17, 15) is 17.6 Å². The molecule has 0 aliphatic heterocycles. The second kappa shape index (κ2) is 10.4. The van der Waals surface area contributed by atoms with E-state index in [1.165, 1.54) is 30.3 Å². The van der Waals surface area contributed by atoms with E-state index in [2.05, 4.69) is 10.0 Å². The fourth-order valence-electron chi connectivity index (χ4n) is 3.09. The van der Waals surface area contributed by atoms with Crippen LogP contribution in [0.3, 0.4) is 0 Å². The van der Waals surface area contributed by atoms with Crippen molar-refractivity contribution in [2.45, 2.75) is 31.8 Å². The molecule has 32 heavy (non-hydrogen) atoms. The molecule has 2 N–H and O–H groups in total. The lowest BCUT2D eigenvalue weighted by Crippen LogP contribution is -2.28. The highest BCUT2D eigenvalue weighted by Gasteiger charge is 2.15. The average Bonchev–Trinajstić information content (AvgIpc) is 2.76. The van der Waals surface area contributed by atoms with Crippen molar-refractivity contribution in [3.05, 3.63) is 94.8 Å². The first-order valence-electron chi connectivity index (χ1n) is 10.0. The molecular weight excluding hydrogens is 431 g/mol. The fraction of sp³-hybridized carbons (Fsp3) is 0.208. The molecule has 0 aliphatic rings. The second-order valence-corrected chi connectivity index (χ2v) is 9.20. The number of sulfonamides is 1. The zero-order chi connectivity index (χ0) is 23.1. The molecule has 6 nitrogen and oxygen atoms in total. The lowest BCUT2D eigenvalue weighted by molar-refractivity contribution is -0.123. The van der Waals surface area contributed by atoms with Gasteiger partial charge in [0.15, 0.2) is 6.61 Å². The molecule has 0 atom stereocenters. The minimum absolute atomic E-state index is 0.0309. The van der Waals surface area contributed by atoms with Crippen LogP contribution in [0.25, 0.3) is 0 Å². The summed E-state index contributed by atoms with van der Waals surface area (Å²) in [5.41, 5.74) is 3.19. The van der Waals surface area contributed by atoms with Crippen molar-refractivity contribution in [1.82, 2.24) is 10.0 Å². The van der Waals surface area contributed by atoms with E-state index in [0.29, 0.717) is 16.9 Å². The van der Waals surface area contributed by atoms with Gasteiger partial charge in [0.1, 0.15) is 11.6 Å². The Morgan fingerprint density at radius 2 is 1.66 bits per heavy atom. The van der Waals surface area contributed by atoms with Gasteiger partial charge in [-0.3, -0.25) is 4.79 Å². The summed E-state index contributed by atoms with van der Waals surface area (Å²) in [6.07, 6.45) is 0. The maximum absolute atomic E-state index is 13.3. The molecule has 3 aromatic carbocycles. The Labute approximate surface area is 187 Å². The zero-order valence-electron chi connectivity index (χ0n) is 17.9. The number of amides is 1. The molecular formula is C24H25FN2O4S. The molecule has 8 heteroatoms. The number of rotatable bonds is 9. The van der Waals surface area contributed by atoms with E-state index < -0.39 is 15.8 Å². The Morgan fingerprint density at radius 1 is 0.938 bits per heavy atom. The molecule has 0 fully saturated rings. The minimum atomic E-state index is -3.80. The molecule has 0 unspecified atom stereocenters. The molecule has 0 heterocycles. The predicted octanol–water partition coefficient (Wildman–Crippen LogP) is 3.62. The highest BCUT2D eigenvalue weighted by atomic mass is 32.2. The summed E-state index contributed by atoms with van der Waals surface area (Å²) >= 11 is 0. The number of carbonyl (C=O) groups is 1. The number of hydrogen-bond donors (Lipinski definition) is 2. The number of hydrogen-bond acceptors (Lipinski definition) is 4. The second-order valence-electron chi connectivity index (χ2n) is 7.44. The van der Waals surface area contributed by atoms with Gasteiger partial charge in [0.25, 0.3) is 5.91 Å². The maximum atomic E-state index is 13.3. The van der Waals surface area contributed by atoms with E-state index in [1.807, 2.05) is 32.0 Å². The summed E-state index contributed by atoms with van der Waals surface area (Å²) in [5, 5.41) is 2.72. The van der Waals surface area contributed by atoms with Gasteiger partial charge in [-0.1, -0.05) is 42.0 Å². The largest absolute Gasteiger partial charge is 0.484 e. The van der Waals surface area contributed by atoms with E-state index in [-0.39, 0.29) is 30.5 Å². The van der Waals surface area contributed by atoms with E-state index in [1.54, 1.807) is 18.2 Å². The van der Waals surface area contributed by atoms with E-state index in [0.717, 1.165) is 11.1 Å². The van der Waals surface area contributed by atoms with Gasteiger partial charge in [-0.05, 0) is 60.9 Å². The van der Waals surface area contributed by atoms with Crippen LogP contribution in [0, 0.1) is 19.7 Å². The molecule has 3 aromatic rings. The molecule has 0 radical (unpaired) electrons. The predicted molar refractivity (Wildman–Crippen MR) is 120 cm³/mol. The molecule has 3 rings (SSSR count). The molecule has 0 aromatic heterocycles. The monoisotopic (exact) mass is 456 g/mol. The Hall–Kier alpha value is -3.23. The Balaban J connectivity index is 1.55. The van der Waals surface area contributed by atoms with Crippen molar-refractivity contribution in [3.63, 3.8) is 0 Å². The van der Waals surface area contributed by atoms with Gasteiger partial charge in [0.2, 0.25) is 10.0 Å². The van der Waals surface area contributed by atoms with Crippen molar-refractivity contribution >= 4 is 15.9 Å². The normalized spacial score (nSPS) is 11.2. The van der Waals surface area contributed by atoms with Crippen molar-refractivity contribution in [1.29, 1.82) is 0 Å². The standard InChI is InChI=1S/C24H25FN2O4S/c1-17-9-10-23(18(2)11-17)31-16-24(28)26-14-20-6-4-8-22(13-20)32(29,30)27-15-19-5-3-7-21(25)12-19/h3-13,27H,14-16H2,1-2H3,(H,26,28).